The average molecular weight is 448 g/mol. The summed E-state index contributed by atoms with van der Waals surface area (Å²) in [4.78, 5) is 17.0. The minimum atomic E-state index is -0.911. The van der Waals surface area contributed by atoms with Crippen molar-refractivity contribution < 1.29 is 24.1 Å². The van der Waals surface area contributed by atoms with Crippen molar-refractivity contribution in [1.29, 1.82) is 0 Å². The van der Waals surface area contributed by atoms with Gasteiger partial charge in [0.15, 0.2) is 11.5 Å². The van der Waals surface area contributed by atoms with E-state index in [0.29, 0.717) is 27.8 Å². The van der Waals surface area contributed by atoms with E-state index in [4.69, 9.17) is 25.8 Å². The van der Waals surface area contributed by atoms with Crippen molar-refractivity contribution in [1.82, 2.24) is 4.98 Å². The molecule has 6 nitrogen and oxygen atoms in total. The molecule has 2 aromatic carbocycles. The molecule has 0 radical (unpaired) electrons. The van der Waals surface area contributed by atoms with Crippen LogP contribution in [0.1, 0.15) is 27.8 Å². The molecule has 3 rings (SSSR count). The lowest BCUT2D eigenvalue weighted by Crippen LogP contribution is -2.08. The first-order valence-corrected chi connectivity index (χ1v) is 10.3. The van der Waals surface area contributed by atoms with E-state index in [1.54, 1.807) is 51.8 Å². The monoisotopic (exact) mass is 447 g/mol. The average Bonchev–Trinajstić information content (AvgIpc) is 3.15. The summed E-state index contributed by atoms with van der Waals surface area (Å²) in [6, 6.07) is 9.01. The second-order valence-electron chi connectivity index (χ2n) is 6.61. The zero-order valence-electron chi connectivity index (χ0n) is 17.1. The maximum atomic E-state index is 11.6. The Bertz CT molecular complexity index is 1070. The zero-order valence-corrected chi connectivity index (χ0v) is 18.6. The molecular formula is C22H22ClNO5S. The Hall–Kier alpha value is -2.77. The van der Waals surface area contributed by atoms with Crippen LogP contribution in [0.15, 0.2) is 36.5 Å². The molecule has 30 heavy (non-hydrogen) atoms. The number of methoxy groups -OCH3 is 3. The maximum Gasteiger partial charge on any atom is 0.304 e. The van der Waals surface area contributed by atoms with Gasteiger partial charge in [0.1, 0.15) is 10.8 Å². The number of ether oxygens (including phenoxy) is 3. The first-order chi connectivity index (χ1) is 14.4. The van der Waals surface area contributed by atoms with Crippen molar-refractivity contribution in [2.24, 2.45) is 0 Å². The standard InChI is InChI=1S/C22H22ClNO5S/c1-12-11-24-22(30-12)16(10-19(25)26)13-7-14(9-15(23)8-13)20-17(27-2)5-6-18(28-3)21(20)29-4/h5-9,11,16H,10H2,1-4H3,(H,25,26). The number of nitrogens with zero attached hydrogens (tertiary/aromatic N) is 1. The molecule has 158 valence electrons. The van der Waals surface area contributed by atoms with E-state index in [1.165, 1.54) is 11.3 Å². The number of rotatable bonds is 8. The van der Waals surface area contributed by atoms with Crippen LogP contribution in [-0.2, 0) is 4.79 Å². The van der Waals surface area contributed by atoms with Gasteiger partial charge in [-0.1, -0.05) is 17.7 Å². The summed E-state index contributed by atoms with van der Waals surface area (Å²) in [6.45, 7) is 1.94. The van der Waals surface area contributed by atoms with Gasteiger partial charge >= 0.3 is 5.97 Å². The molecule has 0 fully saturated rings. The van der Waals surface area contributed by atoms with Gasteiger partial charge in [0.2, 0.25) is 0 Å². The maximum absolute atomic E-state index is 11.6. The quantitative estimate of drug-likeness (QED) is 0.497. The molecule has 0 aliphatic rings. The summed E-state index contributed by atoms with van der Waals surface area (Å²) in [5.74, 6) is 0.297. The summed E-state index contributed by atoms with van der Waals surface area (Å²) in [6.07, 6.45) is 1.65. The lowest BCUT2D eigenvalue weighted by atomic mass is 9.92. The van der Waals surface area contributed by atoms with Crippen LogP contribution in [0.2, 0.25) is 5.02 Å². The molecule has 0 saturated heterocycles. The molecule has 0 spiro atoms. The number of aromatic nitrogens is 1. The Morgan fingerprint density at radius 3 is 2.40 bits per heavy atom. The highest BCUT2D eigenvalue weighted by molar-refractivity contribution is 7.11. The van der Waals surface area contributed by atoms with Crippen molar-refractivity contribution >= 4 is 28.9 Å². The van der Waals surface area contributed by atoms with Crippen LogP contribution in [0.4, 0.5) is 0 Å². The number of carbonyl (C=O) groups is 1. The van der Waals surface area contributed by atoms with Gasteiger partial charge in [0, 0.05) is 22.0 Å². The van der Waals surface area contributed by atoms with E-state index in [-0.39, 0.29) is 6.42 Å². The Labute approximate surface area is 184 Å². The number of halogens is 1. The molecule has 3 aromatic rings. The summed E-state index contributed by atoms with van der Waals surface area (Å²) in [5, 5.41) is 10.7. The number of aliphatic carboxylic acids is 1. The SMILES string of the molecule is COc1ccc(OC)c(-c2cc(Cl)cc(C(CC(=O)O)c3ncc(C)s3)c2)c1OC. The Balaban J connectivity index is 2.22. The van der Waals surface area contributed by atoms with E-state index in [0.717, 1.165) is 21.0 Å². The number of hydrogen-bond acceptors (Lipinski definition) is 6. The lowest BCUT2D eigenvalue weighted by Gasteiger charge is -2.19. The molecule has 0 bridgehead atoms. The van der Waals surface area contributed by atoms with Crippen LogP contribution in [0.3, 0.4) is 0 Å². The van der Waals surface area contributed by atoms with Crippen LogP contribution in [0.25, 0.3) is 11.1 Å². The molecule has 1 unspecified atom stereocenters. The predicted octanol–water partition coefficient (Wildman–Crippen LogP) is 5.40. The molecule has 0 aliphatic carbocycles. The highest BCUT2D eigenvalue weighted by atomic mass is 35.5. The van der Waals surface area contributed by atoms with Crippen LogP contribution in [0.5, 0.6) is 17.2 Å². The van der Waals surface area contributed by atoms with Crippen LogP contribution >= 0.6 is 22.9 Å². The van der Waals surface area contributed by atoms with Crippen LogP contribution in [-0.4, -0.2) is 37.4 Å². The fourth-order valence-electron chi connectivity index (χ4n) is 3.37. The zero-order chi connectivity index (χ0) is 21.8. The summed E-state index contributed by atoms with van der Waals surface area (Å²) >= 11 is 7.94. The summed E-state index contributed by atoms with van der Waals surface area (Å²) in [7, 11) is 4.69. The van der Waals surface area contributed by atoms with E-state index >= 15 is 0 Å². The van der Waals surface area contributed by atoms with Crippen molar-refractivity contribution in [3.05, 3.63) is 57.0 Å². The number of carboxylic acid groups (broad SMARTS) is 1. The predicted molar refractivity (Wildman–Crippen MR) is 117 cm³/mol. The highest BCUT2D eigenvalue weighted by Crippen LogP contribution is 2.46. The summed E-state index contributed by atoms with van der Waals surface area (Å²) in [5.41, 5.74) is 2.16. The van der Waals surface area contributed by atoms with E-state index in [1.807, 2.05) is 13.0 Å². The third-order valence-corrected chi connectivity index (χ3v) is 5.90. The minimum Gasteiger partial charge on any atom is -0.496 e. The molecule has 1 heterocycles. The fourth-order valence-corrected chi connectivity index (χ4v) is 4.51. The second kappa shape index (κ2) is 9.36. The smallest absolute Gasteiger partial charge is 0.304 e. The first kappa shape index (κ1) is 21.9. The summed E-state index contributed by atoms with van der Waals surface area (Å²) < 4.78 is 16.6. The molecule has 1 atom stereocenters. The normalized spacial score (nSPS) is 11.8. The van der Waals surface area contributed by atoms with Gasteiger partial charge in [-0.05, 0) is 42.3 Å². The fraction of sp³-hybridized carbons (Fsp3) is 0.273. The number of hydrogen-bond donors (Lipinski definition) is 1. The Morgan fingerprint density at radius 1 is 1.13 bits per heavy atom. The highest BCUT2D eigenvalue weighted by Gasteiger charge is 2.24. The first-order valence-electron chi connectivity index (χ1n) is 9.11. The topological polar surface area (TPSA) is 77.9 Å². The van der Waals surface area contributed by atoms with Crippen molar-refractivity contribution in [3.8, 4) is 28.4 Å². The van der Waals surface area contributed by atoms with Crippen molar-refractivity contribution in [2.45, 2.75) is 19.3 Å². The van der Waals surface area contributed by atoms with Gasteiger partial charge in [-0.15, -0.1) is 11.3 Å². The number of benzene rings is 2. The minimum absolute atomic E-state index is 0.0981. The van der Waals surface area contributed by atoms with Crippen LogP contribution in [0, 0.1) is 6.92 Å². The van der Waals surface area contributed by atoms with Gasteiger partial charge in [0.05, 0.1) is 33.3 Å². The number of thiazole rings is 1. The molecular weight excluding hydrogens is 426 g/mol. The van der Waals surface area contributed by atoms with Gasteiger partial charge in [-0.2, -0.15) is 0 Å². The molecule has 8 heteroatoms. The molecule has 0 amide bonds. The number of aryl methyl sites for hydroxylation is 1. The van der Waals surface area contributed by atoms with Gasteiger partial charge in [-0.25, -0.2) is 4.98 Å². The number of carboxylic acids is 1. The van der Waals surface area contributed by atoms with E-state index in [9.17, 15) is 9.90 Å². The largest absolute Gasteiger partial charge is 0.496 e. The lowest BCUT2D eigenvalue weighted by molar-refractivity contribution is -0.137. The third-order valence-electron chi connectivity index (χ3n) is 4.65. The molecule has 1 N–H and O–H groups in total. The van der Waals surface area contributed by atoms with Gasteiger partial charge in [0.25, 0.3) is 0 Å². The van der Waals surface area contributed by atoms with E-state index < -0.39 is 11.9 Å². The van der Waals surface area contributed by atoms with Gasteiger partial charge in [-0.3, -0.25) is 4.79 Å². The Kier molecular flexibility index (Phi) is 6.84. The molecule has 1 aromatic heterocycles. The van der Waals surface area contributed by atoms with Crippen molar-refractivity contribution in [2.75, 3.05) is 21.3 Å². The Morgan fingerprint density at radius 2 is 1.83 bits per heavy atom. The van der Waals surface area contributed by atoms with Crippen molar-refractivity contribution in [3.63, 3.8) is 0 Å². The molecule has 0 aliphatic heterocycles. The third kappa shape index (κ3) is 4.52. The second-order valence-corrected chi connectivity index (χ2v) is 8.31. The van der Waals surface area contributed by atoms with Gasteiger partial charge < -0.3 is 19.3 Å². The van der Waals surface area contributed by atoms with Crippen LogP contribution < -0.4 is 14.2 Å². The van der Waals surface area contributed by atoms with E-state index in [2.05, 4.69) is 4.98 Å². The molecule has 0 saturated carbocycles.